The minimum absolute atomic E-state index is 0.0133. The summed E-state index contributed by atoms with van der Waals surface area (Å²) in [5, 5.41) is 3.72. The summed E-state index contributed by atoms with van der Waals surface area (Å²) in [6.07, 6.45) is 1.63. The SMILES string of the molecule is Cc1ccccc1C(C)NC(=O)C1CCCN(C(=O)c2ccc(Cl)cc2)C1. The lowest BCUT2D eigenvalue weighted by atomic mass is 9.95. The van der Waals surface area contributed by atoms with Gasteiger partial charge in [0.1, 0.15) is 0 Å². The third kappa shape index (κ3) is 4.69. The molecule has 142 valence electrons. The van der Waals surface area contributed by atoms with Crippen LogP contribution in [0.25, 0.3) is 0 Å². The van der Waals surface area contributed by atoms with Gasteiger partial charge in [-0.15, -0.1) is 0 Å². The summed E-state index contributed by atoms with van der Waals surface area (Å²) in [5.41, 5.74) is 2.89. The molecule has 4 nitrogen and oxygen atoms in total. The molecule has 1 aliphatic rings. The second kappa shape index (κ2) is 8.57. The Morgan fingerprint density at radius 1 is 1.15 bits per heavy atom. The molecule has 0 radical (unpaired) electrons. The standard InChI is InChI=1S/C22H25ClN2O2/c1-15-6-3-4-8-20(15)16(2)24-21(26)18-7-5-13-25(14-18)22(27)17-9-11-19(23)12-10-17/h3-4,6,8-12,16,18H,5,7,13-14H2,1-2H3,(H,24,26). The zero-order valence-electron chi connectivity index (χ0n) is 15.7. The fraction of sp³-hybridized carbons (Fsp3) is 0.364. The number of piperidine rings is 1. The highest BCUT2D eigenvalue weighted by Gasteiger charge is 2.29. The highest BCUT2D eigenvalue weighted by atomic mass is 35.5. The Morgan fingerprint density at radius 2 is 1.85 bits per heavy atom. The highest BCUT2D eigenvalue weighted by molar-refractivity contribution is 6.30. The molecule has 0 spiro atoms. The maximum atomic E-state index is 12.8. The van der Waals surface area contributed by atoms with Crippen molar-refractivity contribution in [1.29, 1.82) is 0 Å². The lowest BCUT2D eigenvalue weighted by molar-refractivity contribution is -0.127. The molecule has 2 aromatic carbocycles. The fourth-order valence-corrected chi connectivity index (χ4v) is 3.76. The van der Waals surface area contributed by atoms with Gasteiger partial charge in [-0.3, -0.25) is 9.59 Å². The van der Waals surface area contributed by atoms with Gasteiger partial charge in [0, 0.05) is 23.7 Å². The van der Waals surface area contributed by atoms with Crippen LogP contribution in [0, 0.1) is 12.8 Å². The van der Waals surface area contributed by atoms with Crippen molar-refractivity contribution in [3.63, 3.8) is 0 Å². The average Bonchev–Trinajstić information content (AvgIpc) is 2.68. The zero-order chi connectivity index (χ0) is 19.4. The summed E-state index contributed by atoms with van der Waals surface area (Å²) in [6.45, 7) is 5.18. The molecule has 1 saturated heterocycles. The van der Waals surface area contributed by atoms with E-state index in [1.165, 1.54) is 0 Å². The van der Waals surface area contributed by atoms with E-state index in [1.807, 2.05) is 38.1 Å². The number of aryl methyl sites for hydroxylation is 1. The molecule has 1 N–H and O–H groups in total. The van der Waals surface area contributed by atoms with Gasteiger partial charge in [0.05, 0.1) is 12.0 Å². The molecular weight excluding hydrogens is 360 g/mol. The van der Waals surface area contributed by atoms with E-state index in [0.29, 0.717) is 23.7 Å². The van der Waals surface area contributed by atoms with Crippen LogP contribution in [-0.2, 0) is 4.79 Å². The van der Waals surface area contributed by atoms with Crippen LogP contribution < -0.4 is 5.32 Å². The van der Waals surface area contributed by atoms with Crippen LogP contribution in [0.2, 0.25) is 5.02 Å². The third-order valence-electron chi connectivity index (χ3n) is 5.18. The molecule has 2 amide bonds. The molecule has 3 rings (SSSR count). The first-order chi connectivity index (χ1) is 13.0. The predicted molar refractivity (Wildman–Crippen MR) is 108 cm³/mol. The molecular formula is C22H25ClN2O2. The van der Waals surface area contributed by atoms with Crippen molar-refractivity contribution >= 4 is 23.4 Å². The van der Waals surface area contributed by atoms with Crippen molar-refractivity contribution in [1.82, 2.24) is 10.2 Å². The van der Waals surface area contributed by atoms with E-state index in [2.05, 4.69) is 5.32 Å². The second-order valence-corrected chi connectivity index (χ2v) is 7.62. The molecule has 0 aromatic heterocycles. The van der Waals surface area contributed by atoms with Crippen LogP contribution in [0.1, 0.15) is 47.3 Å². The maximum Gasteiger partial charge on any atom is 0.253 e. The van der Waals surface area contributed by atoms with Crippen molar-refractivity contribution < 1.29 is 9.59 Å². The topological polar surface area (TPSA) is 49.4 Å². The molecule has 2 atom stereocenters. The molecule has 0 aliphatic carbocycles. The Balaban J connectivity index is 1.63. The van der Waals surface area contributed by atoms with Crippen LogP contribution in [0.15, 0.2) is 48.5 Å². The van der Waals surface area contributed by atoms with Crippen LogP contribution >= 0.6 is 11.6 Å². The Morgan fingerprint density at radius 3 is 2.56 bits per heavy atom. The van der Waals surface area contributed by atoms with E-state index >= 15 is 0 Å². The predicted octanol–water partition coefficient (Wildman–Crippen LogP) is 4.38. The molecule has 2 unspecified atom stereocenters. The molecule has 5 heteroatoms. The first kappa shape index (κ1) is 19.4. The first-order valence-electron chi connectivity index (χ1n) is 9.36. The van der Waals surface area contributed by atoms with Gasteiger partial charge in [0.25, 0.3) is 5.91 Å². The minimum Gasteiger partial charge on any atom is -0.349 e. The van der Waals surface area contributed by atoms with Gasteiger partial charge in [-0.1, -0.05) is 35.9 Å². The van der Waals surface area contributed by atoms with Crippen molar-refractivity contribution in [3.05, 3.63) is 70.2 Å². The highest BCUT2D eigenvalue weighted by Crippen LogP contribution is 2.22. The number of carbonyl (C=O) groups excluding carboxylic acids is 2. The number of carbonyl (C=O) groups is 2. The van der Waals surface area contributed by atoms with E-state index in [9.17, 15) is 9.59 Å². The number of rotatable bonds is 4. The number of hydrogen-bond donors (Lipinski definition) is 1. The summed E-state index contributed by atoms with van der Waals surface area (Å²) in [5.74, 6) is -0.211. The zero-order valence-corrected chi connectivity index (χ0v) is 16.5. The summed E-state index contributed by atoms with van der Waals surface area (Å²) in [4.78, 5) is 27.3. The van der Waals surface area contributed by atoms with E-state index in [4.69, 9.17) is 11.6 Å². The summed E-state index contributed by atoms with van der Waals surface area (Å²) < 4.78 is 0. The van der Waals surface area contributed by atoms with Crippen LogP contribution in [0.3, 0.4) is 0 Å². The molecule has 27 heavy (non-hydrogen) atoms. The lowest BCUT2D eigenvalue weighted by Gasteiger charge is -2.33. The van der Waals surface area contributed by atoms with Gasteiger partial charge in [0.2, 0.25) is 5.91 Å². The summed E-state index contributed by atoms with van der Waals surface area (Å²) in [7, 11) is 0. The molecule has 0 saturated carbocycles. The minimum atomic E-state index is -0.179. The third-order valence-corrected chi connectivity index (χ3v) is 5.44. The van der Waals surface area contributed by atoms with E-state index in [0.717, 1.165) is 24.0 Å². The van der Waals surface area contributed by atoms with E-state index < -0.39 is 0 Å². The van der Waals surface area contributed by atoms with Gasteiger partial charge >= 0.3 is 0 Å². The first-order valence-corrected chi connectivity index (χ1v) is 9.74. The van der Waals surface area contributed by atoms with E-state index in [1.54, 1.807) is 29.2 Å². The number of hydrogen-bond acceptors (Lipinski definition) is 2. The van der Waals surface area contributed by atoms with Crippen molar-refractivity contribution in [2.24, 2.45) is 5.92 Å². The Hall–Kier alpha value is -2.33. The van der Waals surface area contributed by atoms with Gasteiger partial charge in [0.15, 0.2) is 0 Å². The molecule has 1 aliphatic heterocycles. The van der Waals surface area contributed by atoms with Gasteiger partial charge in [-0.2, -0.15) is 0 Å². The van der Waals surface area contributed by atoms with Crippen LogP contribution in [0.5, 0.6) is 0 Å². The van der Waals surface area contributed by atoms with Gasteiger partial charge in [-0.25, -0.2) is 0 Å². The summed E-state index contributed by atoms with van der Waals surface area (Å²) in [6, 6.07) is 14.9. The monoisotopic (exact) mass is 384 g/mol. The normalized spacial score (nSPS) is 18.0. The molecule has 2 aromatic rings. The number of halogens is 1. The largest absolute Gasteiger partial charge is 0.349 e. The summed E-state index contributed by atoms with van der Waals surface area (Å²) >= 11 is 5.90. The number of nitrogens with one attached hydrogen (secondary N) is 1. The Kier molecular flexibility index (Phi) is 6.17. The average molecular weight is 385 g/mol. The number of nitrogens with zero attached hydrogens (tertiary/aromatic N) is 1. The smallest absolute Gasteiger partial charge is 0.253 e. The maximum absolute atomic E-state index is 12.8. The molecule has 0 bridgehead atoms. The van der Waals surface area contributed by atoms with Crippen molar-refractivity contribution in [2.75, 3.05) is 13.1 Å². The van der Waals surface area contributed by atoms with Crippen molar-refractivity contribution in [3.8, 4) is 0 Å². The Bertz CT molecular complexity index is 819. The van der Waals surface area contributed by atoms with Crippen LogP contribution in [0.4, 0.5) is 0 Å². The second-order valence-electron chi connectivity index (χ2n) is 7.18. The van der Waals surface area contributed by atoms with Gasteiger partial charge < -0.3 is 10.2 Å². The molecule has 1 heterocycles. The van der Waals surface area contributed by atoms with Crippen molar-refractivity contribution in [2.45, 2.75) is 32.7 Å². The quantitative estimate of drug-likeness (QED) is 0.850. The fourth-order valence-electron chi connectivity index (χ4n) is 3.63. The van der Waals surface area contributed by atoms with Gasteiger partial charge in [-0.05, 0) is 62.1 Å². The number of amides is 2. The number of benzene rings is 2. The lowest BCUT2D eigenvalue weighted by Crippen LogP contribution is -2.45. The molecule has 1 fully saturated rings. The van der Waals surface area contributed by atoms with Crippen LogP contribution in [-0.4, -0.2) is 29.8 Å². The Labute approximate surface area is 165 Å². The van der Waals surface area contributed by atoms with E-state index in [-0.39, 0.29) is 23.8 Å². The number of likely N-dealkylation sites (tertiary alicyclic amines) is 1.